The summed E-state index contributed by atoms with van der Waals surface area (Å²) in [5.74, 6) is -0.352. The van der Waals surface area contributed by atoms with Crippen LogP contribution in [0.5, 0.6) is 0 Å². The van der Waals surface area contributed by atoms with Crippen LogP contribution in [0.4, 0.5) is 4.79 Å². The first kappa shape index (κ1) is 22.7. The van der Waals surface area contributed by atoms with Gasteiger partial charge >= 0.3 is 12.1 Å². The molecule has 0 aromatic carbocycles. The number of alkyl carbamates (subject to hydrolysis) is 1. The third-order valence-corrected chi connectivity index (χ3v) is 3.55. The zero-order valence-electron chi connectivity index (χ0n) is 16.3. The lowest BCUT2D eigenvalue weighted by atomic mass is 9.99. The molecule has 0 aromatic heterocycles. The Morgan fingerprint density at radius 3 is 2.12 bits per heavy atom. The Bertz CT molecular complexity index is 350. The van der Waals surface area contributed by atoms with E-state index in [0.717, 1.165) is 44.9 Å². The first-order chi connectivity index (χ1) is 11.3. The van der Waals surface area contributed by atoms with Gasteiger partial charge in [-0.1, -0.05) is 73.1 Å². The summed E-state index contributed by atoms with van der Waals surface area (Å²) in [6.45, 7) is 10.9. The number of rotatable bonds is 12. The number of amides is 1. The van der Waals surface area contributed by atoms with Crippen LogP contribution in [-0.2, 0) is 14.3 Å². The second-order valence-corrected chi connectivity index (χ2v) is 7.56. The van der Waals surface area contributed by atoms with Gasteiger partial charge in [0.2, 0.25) is 0 Å². The smallest absolute Gasteiger partial charge is 0.407 e. The summed E-state index contributed by atoms with van der Waals surface area (Å²) in [7, 11) is 0. The highest BCUT2D eigenvalue weighted by molar-refractivity contribution is 5.81. The van der Waals surface area contributed by atoms with Crippen molar-refractivity contribution in [2.24, 2.45) is 5.41 Å². The van der Waals surface area contributed by atoms with Gasteiger partial charge in [-0.15, -0.1) is 0 Å². The lowest BCUT2D eigenvalue weighted by Crippen LogP contribution is -2.42. The second kappa shape index (κ2) is 13.1. The molecule has 0 rings (SSSR count). The van der Waals surface area contributed by atoms with Crippen molar-refractivity contribution in [3.63, 3.8) is 0 Å². The highest BCUT2D eigenvalue weighted by Gasteiger charge is 2.23. The van der Waals surface area contributed by atoms with E-state index in [1.807, 2.05) is 20.8 Å². The molecule has 5 heteroatoms. The summed E-state index contributed by atoms with van der Waals surface area (Å²) in [4.78, 5) is 24.1. The number of unbranched alkanes of at least 4 members (excludes halogenated alkanes) is 5. The van der Waals surface area contributed by atoms with E-state index in [1.54, 1.807) is 0 Å². The lowest BCUT2D eigenvalue weighted by Gasteiger charge is -2.21. The molecule has 0 fully saturated rings. The van der Waals surface area contributed by atoms with E-state index in [-0.39, 0.29) is 11.4 Å². The topological polar surface area (TPSA) is 64.6 Å². The molecule has 0 aliphatic carbocycles. The molecule has 0 aliphatic heterocycles. The van der Waals surface area contributed by atoms with Crippen molar-refractivity contribution in [1.82, 2.24) is 5.32 Å². The Hall–Kier alpha value is -1.26. The van der Waals surface area contributed by atoms with Crippen molar-refractivity contribution in [1.29, 1.82) is 0 Å². The molecule has 1 N–H and O–H groups in total. The van der Waals surface area contributed by atoms with Gasteiger partial charge in [-0.3, -0.25) is 0 Å². The number of ether oxygens (including phenoxy) is 2. The monoisotopic (exact) mass is 343 g/mol. The van der Waals surface area contributed by atoms with Gasteiger partial charge in [0.15, 0.2) is 0 Å². The summed E-state index contributed by atoms with van der Waals surface area (Å²) >= 11 is 0. The third-order valence-electron chi connectivity index (χ3n) is 3.55. The van der Waals surface area contributed by atoms with Crippen LogP contribution >= 0.6 is 0 Å². The maximum Gasteiger partial charge on any atom is 0.407 e. The summed E-state index contributed by atoms with van der Waals surface area (Å²) in [6, 6.07) is -0.615. The van der Waals surface area contributed by atoms with Gasteiger partial charge in [-0.05, 0) is 18.3 Å². The fourth-order valence-electron chi connectivity index (χ4n) is 2.12. The van der Waals surface area contributed by atoms with E-state index in [9.17, 15) is 9.59 Å². The average molecular weight is 344 g/mol. The number of hydrogen-bond acceptors (Lipinski definition) is 4. The van der Waals surface area contributed by atoms with Gasteiger partial charge in [0.1, 0.15) is 6.04 Å². The molecule has 0 radical (unpaired) electrons. The number of nitrogens with one attached hydrogen (secondary N) is 1. The Morgan fingerprint density at radius 1 is 0.917 bits per heavy atom. The van der Waals surface area contributed by atoms with Crippen molar-refractivity contribution in [3.8, 4) is 0 Å². The van der Waals surface area contributed by atoms with E-state index >= 15 is 0 Å². The molecule has 0 saturated carbocycles. The summed E-state index contributed by atoms with van der Waals surface area (Å²) in [6.07, 6.45) is 7.23. The average Bonchev–Trinajstić information content (AvgIpc) is 2.51. The van der Waals surface area contributed by atoms with Crippen LogP contribution in [0, 0.1) is 5.41 Å². The highest BCUT2D eigenvalue weighted by Crippen LogP contribution is 2.13. The molecule has 1 atom stereocenters. The Kier molecular flexibility index (Phi) is 12.4. The fraction of sp³-hybridized carbons (Fsp3) is 0.895. The van der Waals surface area contributed by atoms with Crippen molar-refractivity contribution in [2.45, 2.75) is 92.0 Å². The van der Waals surface area contributed by atoms with Crippen molar-refractivity contribution < 1.29 is 19.1 Å². The first-order valence-corrected chi connectivity index (χ1v) is 9.40. The standard InChI is InChI=1S/C19H37NO4/c1-6-8-10-11-13-16(17(21)23-14-12-9-7-2)20-18(22)24-15-19(3,4)5/h16H,6-15H2,1-5H3,(H,20,22). The van der Waals surface area contributed by atoms with E-state index in [2.05, 4.69) is 19.2 Å². The van der Waals surface area contributed by atoms with Gasteiger partial charge in [0.25, 0.3) is 0 Å². The molecule has 142 valence electrons. The first-order valence-electron chi connectivity index (χ1n) is 9.40. The van der Waals surface area contributed by atoms with Gasteiger partial charge in [0, 0.05) is 0 Å². The third kappa shape index (κ3) is 13.2. The number of hydrogen-bond donors (Lipinski definition) is 1. The van der Waals surface area contributed by atoms with Crippen LogP contribution < -0.4 is 5.32 Å². The van der Waals surface area contributed by atoms with Crippen molar-refractivity contribution in [2.75, 3.05) is 13.2 Å². The molecule has 24 heavy (non-hydrogen) atoms. The SMILES string of the molecule is CCCCCCC(NC(=O)OCC(C)(C)C)C(=O)OCCCCC. The molecule has 0 bridgehead atoms. The Labute approximate surface area is 147 Å². The Morgan fingerprint density at radius 2 is 1.54 bits per heavy atom. The maximum atomic E-state index is 12.2. The molecule has 0 aromatic rings. The normalized spacial score (nSPS) is 12.5. The molecule has 0 heterocycles. The molecule has 1 unspecified atom stereocenters. The Balaban J connectivity index is 4.39. The molecule has 5 nitrogen and oxygen atoms in total. The quantitative estimate of drug-likeness (QED) is 0.407. The van der Waals surface area contributed by atoms with E-state index < -0.39 is 12.1 Å². The van der Waals surface area contributed by atoms with Gasteiger partial charge in [-0.25, -0.2) is 9.59 Å². The van der Waals surface area contributed by atoms with E-state index in [1.165, 1.54) is 0 Å². The van der Waals surface area contributed by atoms with Crippen LogP contribution in [-0.4, -0.2) is 31.3 Å². The van der Waals surface area contributed by atoms with Gasteiger partial charge in [0.05, 0.1) is 13.2 Å². The molecule has 1 amide bonds. The van der Waals surface area contributed by atoms with E-state index in [0.29, 0.717) is 19.6 Å². The second-order valence-electron chi connectivity index (χ2n) is 7.56. The zero-order valence-corrected chi connectivity index (χ0v) is 16.3. The number of carbonyl (C=O) groups is 2. The van der Waals surface area contributed by atoms with Crippen LogP contribution in [0.2, 0.25) is 0 Å². The predicted molar refractivity (Wildman–Crippen MR) is 97.0 cm³/mol. The van der Waals surface area contributed by atoms with Gasteiger partial charge in [-0.2, -0.15) is 0 Å². The van der Waals surface area contributed by atoms with Crippen LogP contribution in [0.1, 0.15) is 86.0 Å². The maximum absolute atomic E-state index is 12.2. The van der Waals surface area contributed by atoms with Crippen LogP contribution in [0.3, 0.4) is 0 Å². The van der Waals surface area contributed by atoms with Gasteiger partial charge < -0.3 is 14.8 Å². The molecule has 0 spiro atoms. The van der Waals surface area contributed by atoms with Crippen molar-refractivity contribution >= 4 is 12.1 Å². The zero-order chi connectivity index (χ0) is 18.4. The predicted octanol–water partition coefficient (Wildman–Crippen LogP) is 4.83. The lowest BCUT2D eigenvalue weighted by molar-refractivity contribution is -0.146. The molecular formula is C19H37NO4. The van der Waals surface area contributed by atoms with Crippen LogP contribution in [0.25, 0.3) is 0 Å². The summed E-state index contributed by atoms with van der Waals surface area (Å²) in [5, 5.41) is 2.67. The molecular weight excluding hydrogens is 306 g/mol. The molecule has 0 aliphatic rings. The minimum Gasteiger partial charge on any atom is -0.464 e. The number of carbonyl (C=O) groups excluding carboxylic acids is 2. The fourth-order valence-corrected chi connectivity index (χ4v) is 2.12. The summed E-state index contributed by atoms with van der Waals surface area (Å²) in [5.41, 5.74) is -0.103. The highest BCUT2D eigenvalue weighted by atomic mass is 16.6. The minimum absolute atomic E-state index is 0.103. The van der Waals surface area contributed by atoms with E-state index in [4.69, 9.17) is 9.47 Å². The van der Waals surface area contributed by atoms with Crippen molar-refractivity contribution in [3.05, 3.63) is 0 Å². The largest absolute Gasteiger partial charge is 0.464 e. The minimum atomic E-state index is -0.615. The summed E-state index contributed by atoms with van der Waals surface area (Å²) < 4.78 is 10.5. The van der Waals surface area contributed by atoms with Crippen LogP contribution in [0.15, 0.2) is 0 Å². The number of esters is 1. The molecule has 0 saturated heterocycles.